The number of hydrogen-bond acceptors (Lipinski definition) is 2. The maximum absolute atomic E-state index is 12.2. The average molecular weight is 403 g/mol. The molecule has 25 heavy (non-hydrogen) atoms. The van der Waals surface area contributed by atoms with E-state index in [1.54, 1.807) is 11.9 Å². The highest BCUT2D eigenvalue weighted by Crippen LogP contribution is 2.17. The summed E-state index contributed by atoms with van der Waals surface area (Å²) in [7, 11) is 1.79. The second-order valence-electron chi connectivity index (χ2n) is 5.85. The number of aryl methyl sites for hydroxylation is 1. The molecule has 0 aromatic heterocycles. The van der Waals surface area contributed by atoms with E-state index in [1.807, 2.05) is 55.5 Å². The van der Waals surface area contributed by atoms with Crippen molar-refractivity contribution in [1.29, 1.82) is 0 Å². The van der Waals surface area contributed by atoms with Crippen molar-refractivity contribution in [2.24, 2.45) is 10.7 Å². The maximum atomic E-state index is 12.2. The summed E-state index contributed by atoms with van der Waals surface area (Å²) in [5.41, 5.74) is 8.99. The topological polar surface area (TPSA) is 70.7 Å². The van der Waals surface area contributed by atoms with Crippen LogP contribution in [-0.2, 0) is 11.3 Å². The highest BCUT2D eigenvalue weighted by atomic mass is 79.9. The van der Waals surface area contributed by atoms with E-state index in [-0.39, 0.29) is 5.91 Å². The smallest absolute Gasteiger partial charge is 0.224 e. The molecule has 0 radical (unpaired) electrons. The Balaban J connectivity index is 1.80. The first-order valence-corrected chi connectivity index (χ1v) is 8.86. The molecule has 2 rings (SSSR count). The zero-order chi connectivity index (χ0) is 18.2. The molecule has 0 fully saturated rings. The first-order chi connectivity index (χ1) is 12.0. The Morgan fingerprint density at radius 3 is 2.56 bits per heavy atom. The Bertz CT molecular complexity index is 743. The van der Waals surface area contributed by atoms with Gasteiger partial charge in [0.2, 0.25) is 5.91 Å². The van der Waals surface area contributed by atoms with Gasteiger partial charge in [-0.05, 0) is 30.7 Å². The van der Waals surface area contributed by atoms with E-state index < -0.39 is 0 Å². The number of nitrogens with two attached hydrogens (primary N) is 1. The van der Waals surface area contributed by atoms with Crippen molar-refractivity contribution in [2.75, 3.05) is 18.9 Å². The van der Waals surface area contributed by atoms with E-state index in [1.165, 1.54) is 5.56 Å². The quantitative estimate of drug-likeness (QED) is 0.573. The number of carbonyl (C=O) groups is 1. The number of rotatable bonds is 6. The molecule has 0 unspecified atom stereocenters. The SMILES string of the molecule is Cc1ccc(NC(N)=NCCC(=O)N(C)Cc2ccccc2Br)cc1. The van der Waals surface area contributed by atoms with Gasteiger partial charge in [-0.3, -0.25) is 9.79 Å². The Kier molecular flexibility index (Phi) is 7.01. The predicted octanol–water partition coefficient (Wildman–Crippen LogP) is 3.53. The molecule has 0 atom stereocenters. The van der Waals surface area contributed by atoms with E-state index in [0.717, 1.165) is 15.7 Å². The van der Waals surface area contributed by atoms with Crippen LogP contribution in [-0.4, -0.2) is 30.4 Å². The molecule has 2 aromatic carbocycles. The second-order valence-corrected chi connectivity index (χ2v) is 6.70. The molecule has 2 aromatic rings. The summed E-state index contributed by atoms with van der Waals surface area (Å²) in [6.07, 6.45) is 0.317. The van der Waals surface area contributed by atoms with Gasteiger partial charge in [-0.2, -0.15) is 0 Å². The normalized spacial score (nSPS) is 11.2. The molecule has 0 aliphatic heterocycles. The van der Waals surface area contributed by atoms with Crippen LogP contribution in [0.3, 0.4) is 0 Å². The summed E-state index contributed by atoms with van der Waals surface area (Å²) in [5.74, 6) is 0.341. The lowest BCUT2D eigenvalue weighted by Gasteiger charge is -2.17. The summed E-state index contributed by atoms with van der Waals surface area (Å²) in [5, 5.41) is 3.02. The fourth-order valence-electron chi connectivity index (χ4n) is 2.26. The molecule has 132 valence electrons. The van der Waals surface area contributed by atoms with Crippen LogP contribution in [0.25, 0.3) is 0 Å². The Hall–Kier alpha value is -2.34. The van der Waals surface area contributed by atoms with Crippen LogP contribution in [0.15, 0.2) is 58.0 Å². The number of aliphatic imine (C=N–C) groups is 1. The summed E-state index contributed by atoms with van der Waals surface area (Å²) in [6, 6.07) is 15.7. The van der Waals surface area contributed by atoms with Crippen LogP contribution in [0.4, 0.5) is 5.69 Å². The molecule has 0 heterocycles. The molecule has 0 saturated carbocycles. The zero-order valence-corrected chi connectivity index (χ0v) is 16.1. The van der Waals surface area contributed by atoms with E-state index in [2.05, 4.69) is 26.2 Å². The summed E-state index contributed by atoms with van der Waals surface area (Å²) >= 11 is 3.50. The highest BCUT2D eigenvalue weighted by molar-refractivity contribution is 9.10. The zero-order valence-electron chi connectivity index (χ0n) is 14.5. The molecule has 0 bridgehead atoms. The fraction of sp³-hybridized carbons (Fsp3) is 0.263. The first kappa shape index (κ1) is 19.0. The van der Waals surface area contributed by atoms with Crippen molar-refractivity contribution in [1.82, 2.24) is 4.90 Å². The highest BCUT2D eigenvalue weighted by Gasteiger charge is 2.10. The number of nitrogens with zero attached hydrogens (tertiary/aromatic N) is 2. The summed E-state index contributed by atoms with van der Waals surface area (Å²) in [4.78, 5) is 18.1. The van der Waals surface area contributed by atoms with Crippen LogP contribution < -0.4 is 11.1 Å². The fourth-order valence-corrected chi connectivity index (χ4v) is 2.67. The number of guanidine groups is 1. The third-order valence-corrected chi connectivity index (χ3v) is 4.50. The third-order valence-electron chi connectivity index (χ3n) is 3.72. The number of hydrogen-bond donors (Lipinski definition) is 2. The van der Waals surface area contributed by atoms with Gasteiger partial charge in [0.1, 0.15) is 0 Å². The lowest BCUT2D eigenvalue weighted by atomic mass is 10.2. The van der Waals surface area contributed by atoms with E-state index in [9.17, 15) is 4.79 Å². The molecule has 6 heteroatoms. The number of benzene rings is 2. The van der Waals surface area contributed by atoms with Crippen molar-refractivity contribution < 1.29 is 4.79 Å². The van der Waals surface area contributed by atoms with Crippen molar-refractivity contribution in [3.8, 4) is 0 Å². The Morgan fingerprint density at radius 1 is 1.20 bits per heavy atom. The first-order valence-electron chi connectivity index (χ1n) is 8.06. The standard InChI is InChI=1S/C19H23BrN4O/c1-14-7-9-16(10-8-14)23-19(21)22-12-11-18(25)24(2)13-15-5-3-4-6-17(15)20/h3-10H,11-13H2,1-2H3,(H3,21,22,23). The number of anilines is 1. The van der Waals surface area contributed by atoms with Crippen LogP contribution in [0.1, 0.15) is 17.5 Å². The van der Waals surface area contributed by atoms with Gasteiger partial charge in [-0.25, -0.2) is 0 Å². The number of nitrogens with one attached hydrogen (secondary N) is 1. The molecular formula is C19H23BrN4O. The molecular weight excluding hydrogens is 380 g/mol. The molecule has 0 aliphatic rings. The summed E-state index contributed by atoms with van der Waals surface area (Å²) < 4.78 is 0.999. The third kappa shape index (κ3) is 6.23. The minimum atomic E-state index is 0.0302. The minimum Gasteiger partial charge on any atom is -0.370 e. The Morgan fingerprint density at radius 2 is 1.88 bits per heavy atom. The van der Waals surface area contributed by atoms with Gasteiger partial charge in [0.05, 0.1) is 6.54 Å². The van der Waals surface area contributed by atoms with Crippen LogP contribution in [0, 0.1) is 6.92 Å². The lowest BCUT2D eigenvalue weighted by molar-refractivity contribution is -0.130. The average Bonchev–Trinajstić information content (AvgIpc) is 2.59. The molecule has 5 nitrogen and oxygen atoms in total. The molecule has 0 aliphatic carbocycles. The molecule has 0 saturated heterocycles. The van der Waals surface area contributed by atoms with E-state index >= 15 is 0 Å². The largest absolute Gasteiger partial charge is 0.370 e. The maximum Gasteiger partial charge on any atom is 0.224 e. The number of amides is 1. The molecule has 3 N–H and O–H groups in total. The number of carbonyl (C=O) groups excluding carboxylic acids is 1. The van der Waals surface area contributed by atoms with Gasteiger partial charge in [0.15, 0.2) is 5.96 Å². The van der Waals surface area contributed by atoms with Gasteiger partial charge in [-0.15, -0.1) is 0 Å². The van der Waals surface area contributed by atoms with Crippen LogP contribution in [0.2, 0.25) is 0 Å². The molecule has 0 spiro atoms. The predicted molar refractivity (Wildman–Crippen MR) is 107 cm³/mol. The van der Waals surface area contributed by atoms with E-state index in [4.69, 9.17) is 5.73 Å². The van der Waals surface area contributed by atoms with E-state index in [0.29, 0.717) is 25.5 Å². The van der Waals surface area contributed by atoms with Gasteiger partial charge in [0.25, 0.3) is 0 Å². The van der Waals surface area contributed by atoms with Crippen molar-refractivity contribution in [3.05, 3.63) is 64.1 Å². The lowest BCUT2D eigenvalue weighted by Crippen LogP contribution is -2.28. The molecule has 1 amide bonds. The van der Waals surface area contributed by atoms with Gasteiger partial charge >= 0.3 is 0 Å². The Labute approximate surface area is 157 Å². The van der Waals surface area contributed by atoms with Crippen molar-refractivity contribution >= 4 is 33.5 Å². The van der Waals surface area contributed by atoms with Crippen LogP contribution >= 0.6 is 15.9 Å². The van der Waals surface area contributed by atoms with Gasteiger partial charge in [0, 0.05) is 30.2 Å². The van der Waals surface area contributed by atoms with Gasteiger partial charge < -0.3 is 16.0 Å². The minimum absolute atomic E-state index is 0.0302. The number of halogens is 1. The van der Waals surface area contributed by atoms with Crippen LogP contribution in [0.5, 0.6) is 0 Å². The van der Waals surface area contributed by atoms with Gasteiger partial charge in [-0.1, -0.05) is 51.8 Å². The monoisotopic (exact) mass is 402 g/mol. The van der Waals surface area contributed by atoms with Crippen molar-refractivity contribution in [2.45, 2.75) is 19.9 Å². The summed E-state index contributed by atoms with van der Waals surface area (Å²) in [6.45, 7) is 2.93. The second kappa shape index (κ2) is 9.22. The van der Waals surface area contributed by atoms with Crippen molar-refractivity contribution in [3.63, 3.8) is 0 Å².